The molecule has 0 aliphatic rings. The number of hydrogen-bond donors (Lipinski definition) is 0. The molecule has 0 saturated heterocycles. The molecule has 0 heterocycles. The minimum Gasteiger partial charge on any atom is -0.197 e. The SMILES string of the molecule is C#CCCS([O])(=O)=O. The number of terminal acetylenes is 1. The molecule has 0 aromatic rings. The molecule has 0 spiro atoms. The summed E-state index contributed by atoms with van der Waals surface area (Å²) in [6.07, 6.45) is 4.69. The van der Waals surface area contributed by atoms with Gasteiger partial charge in [-0.05, 0) is 0 Å². The van der Waals surface area contributed by atoms with Gasteiger partial charge in [-0.2, -0.15) is 8.42 Å². The normalized spacial score (nSPS) is 10.5. The van der Waals surface area contributed by atoms with Crippen molar-refractivity contribution >= 4 is 10.1 Å². The van der Waals surface area contributed by atoms with Crippen LogP contribution in [0.5, 0.6) is 0 Å². The Morgan fingerprint density at radius 3 is 2.12 bits per heavy atom. The summed E-state index contributed by atoms with van der Waals surface area (Å²) in [5.74, 6) is 1.59. The minimum absolute atomic E-state index is 0.00579. The molecule has 4 heteroatoms. The predicted molar refractivity (Wildman–Crippen MR) is 27.9 cm³/mol. The Kier molecular flexibility index (Phi) is 2.52. The van der Waals surface area contributed by atoms with Crippen molar-refractivity contribution in [1.29, 1.82) is 0 Å². The van der Waals surface area contributed by atoms with Gasteiger partial charge in [0.2, 0.25) is 0 Å². The summed E-state index contributed by atoms with van der Waals surface area (Å²) in [7, 11) is -4.08. The van der Waals surface area contributed by atoms with Crippen molar-refractivity contribution in [2.45, 2.75) is 6.42 Å². The summed E-state index contributed by atoms with van der Waals surface area (Å²) >= 11 is 0. The van der Waals surface area contributed by atoms with Crippen LogP contribution >= 0.6 is 0 Å². The quantitative estimate of drug-likeness (QED) is 0.488. The lowest BCUT2D eigenvalue weighted by Gasteiger charge is -1.82. The van der Waals surface area contributed by atoms with Crippen LogP contribution in [0.25, 0.3) is 0 Å². The zero-order valence-corrected chi connectivity index (χ0v) is 4.94. The lowest BCUT2D eigenvalue weighted by atomic mass is 10.5. The maximum Gasteiger partial charge on any atom is 0.295 e. The Bertz CT molecular complexity index is 184. The van der Waals surface area contributed by atoms with E-state index < -0.39 is 15.9 Å². The van der Waals surface area contributed by atoms with E-state index in [0.29, 0.717) is 0 Å². The zero-order chi connectivity index (χ0) is 6.62. The highest BCUT2D eigenvalue weighted by molar-refractivity contribution is 7.85. The molecular weight excluding hydrogens is 128 g/mol. The molecule has 0 amide bonds. The first-order valence-corrected chi connectivity index (χ1v) is 3.51. The van der Waals surface area contributed by atoms with E-state index in [0.717, 1.165) is 0 Å². The van der Waals surface area contributed by atoms with Gasteiger partial charge < -0.3 is 0 Å². The summed E-state index contributed by atoms with van der Waals surface area (Å²) in [6.45, 7) is 0. The van der Waals surface area contributed by atoms with Crippen LogP contribution in [0.2, 0.25) is 0 Å². The summed E-state index contributed by atoms with van der Waals surface area (Å²) in [5, 5.41) is 0. The first-order chi connectivity index (χ1) is 3.56. The van der Waals surface area contributed by atoms with E-state index in [1.807, 2.05) is 5.92 Å². The number of hydrogen-bond acceptors (Lipinski definition) is 2. The molecule has 0 aliphatic carbocycles. The standard InChI is InChI=1S/C4H5O3S/c1-2-3-4-8(5,6)7/h1H,3-4H2. The van der Waals surface area contributed by atoms with Crippen LogP contribution in [0.1, 0.15) is 6.42 Å². The summed E-state index contributed by atoms with van der Waals surface area (Å²) in [6, 6.07) is 0. The topological polar surface area (TPSA) is 54.0 Å². The van der Waals surface area contributed by atoms with Gasteiger partial charge in [0.05, 0.1) is 5.75 Å². The molecule has 0 saturated carbocycles. The van der Waals surface area contributed by atoms with Crippen LogP contribution in [-0.4, -0.2) is 14.2 Å². The Balaban J connectivity index is 3.63. The maximum atomic E-state index is 9.74. The van der Waals surface area contributed by atoms with Gasteiger partial charge >= 0.3 is 0 Å². The van der Waals surface area contributed by atoms with Crippen LogP contribution in [0.3, 0.4) is 0 Å². The van der Waals surface area contributed by atoms with Crippen molar-refractivity contribution < 1.29 is 13.0 Å². The molecule has 8 heavy (non-hydrogen) atoms. The van der Waals surface area contributed by atoms with E-state index in [1.165, 1.54) is 0 Å². The highest BCUT2D eigenvalue weighted by Crippen LogP contribution is 1.85. The number of rotatable bonds is 2. The smallest absolute Gasteiger partial charge is 0.197 e. The van der Waals surface area contributed by atoms with E-state index >= 15 is 0 Å². The molecule has 1 radical (unpaired) electrons. The fourth-order valence-corrected chi connectivity index (χ4v) is 0.552. The fraction of sp³-hybridized carbons (Fsp3) is 0.500. The molecule has 0 fully saturated rings. The molecule has 0 atom stereocenters. The molecule has 0 unspecified atom stereocenters. The monoisotopic (exact) mass is 133 g/mol. The first-order valence-electron chi connectivity index (χ1n) is 1.93. The third-order valence-corrected chi connectivity index (χ3v) is 1.20. The predicted octanol–water partition coefficient (Wildman–Crippen LogP) is -0.230. The lowest BCUT2D eigenvalue weighted by molar-refractivity contribution is 0.414. The summed E-state index contributed by atoms with van der Waals surface area (Å²) in [5.41, 5.74) is 0. The van der Waals surface area contributed by atoms with Crippen molar-refractivity contribution in [2.75, 3.05) is 5.75 Å². The lowest BCUT2D eigenvalue weighted by Crippen LogP contribution is -1.99. The molecule has 0 N–H and O–H groups in total. The Morgan fingerprint density at radius 1 is 1.50 bits per heavy atom. The van der Waals surface area contributed by atoms with Crippen molar-refractivity contribution in [3.63, 3.8) is 0 Å². The van der Waals surface area contributed by atoms with Gasteiger partial charge in [-0.25, -0.2) is 0 Å². The molecule has 0 aromatic carbocycles. The summed E-state index contributed by atoms with van der Waals surface area (Å²) < 4.78 is 29.2. The fourth-order valence-electron chi connectivity index (χ4n) is 0.184. The molecular formula is C4H5O3S. The average Bonchev–Trinajstić information content (AvgIpc) is 1.59. The maximum absolute atomic E-state index is 9.74. The van der Waals surface area contributed by atoms with Crippen LogP contribution in [0, 0.1) is 12.3 Å². The zero-order valence-electron chi connectivity index (χ0n) is 4.12. The van der Waals surface area contributed by atoms with Crippen LogP contribution in [0.4, 0.5) is 0 Å². The molecule has 0 bridgehead atoms. The molecule has 0 rings (SSSR count). The minimum atomic E-state index is -4.08. The third-order valence-electron chi connectivity index (χ3n) is 0.496. The third kappa shape index (κ3) is 5.47. The highest BCUT2D eigenvalue weighted by Gasteiger charge is 2.02. The first kappa shape index (κ1) is 7.47. The van der Waals surface area contributed by atoms with Crippen molar-refractivity contribution in [1.82, 2.24) is 0 Å². The van der Waals surface area contributed by atoms with Crippen molar-refractivity contribution in [2.24, 2.45) is 0 Å². The van der Waals surface area contributed by atoms with Crippen molar-refractivity contribution in [3.05, 3.63) is 0 Å². The van der Waals surface area contributed by atoms with Gasteiger partial charge in [0.25, 0.3) is 10.1 Å². The molecule has 0 aromatic heterocycles. The van der Waals surface area contributed by atoms with Crippen LogP contribution in [-0.2, 0) is 14.7 Å². The molecule has 3 nitrogen and oxygen atoms in total. The second-order valence-electron chi connectivity index (χ2n) is 1.22. The Hall–Kier alpha value is -0.530. The molecule has 45 valence electrons. The van der Waals surface area contributed by atoms with E-state index in [-0.39, 0.29) is 6.42 Å². The average molecular weight is 133 g/mol. The van der Waals surface area contributed by atoms with Gasteiger partial charge in [-0.1, -0.05) is 4.55 Å². The van der Waals surface area contributed by atoms with Gasteiger partial charge in [0, 0.05) is 6.42 Å². The van der Waals surface area contributed by atoms with Gasteiger partial charge in [-0.3, -0.25) is 0 Å². The van der Waals surface area contributed by atoms with Crippen LogP contribution < -0.4 is 0 Å². The Morgan fingerprint density at radius 2 is 2.00 bits per heavy atom. The van der Waals surface area contributed by atoms with Crippen molar-refractivity contribution in [3.8, 4) is 12.3 Å². The van der Waals surface area contributed by atoms with E-state index in [9.17, 15) is 13.0 Å². The Labute approximate surface area is 48.5 Å². The second-order valence-corrected chi connectivity index (χ2v) is 2.74. The van der Waals surface area contributed by atoms with Gasteiger partial charge in [0.15, 0.2) is 0 Å². The van der Waals surface area contributed by atoms with Crippen LogP contribution in [0.15, 0.2) is 0 Å². The highest BCUT2D eigenvalue weighted by atomic mass is 32.2. The second kappa shape index (κ2) is 2.70. The van der Waals surface area contributed by atoms with E-state index in [2.05, 4.69) is 6.42 Å². The summed E-state index contributed by atoms with van der Waals surface area (Å²) in [4.78, 5) is 0. The van der Waals surface area contributed by atoms with E-state index in [4.69, 9.17) is 0 Å². The largest absolute Gasteiger partial charge is 0.295 e. The van der Waals surface area contributed by atoms with Gasteiger partial charge in [0.1, 0.15) is 0 Å². The van der Waals surface area contributed by atoms with Gasteiger partial charge in [-0.15, -0.1) is 12.3 Å². The van der Waals surface area contributed by atoms with E-state index in [1.54, 1.807) is 0 Å². The molecule has 0 aliphatic heterocycles.